The topological polar surface area (TPSA) is 103 Å². The van der Waals surface area contributed by atoms with Crippen molar-refractivity contribution in [3.8, 4) is 11.3 Å². The molecule has 0 N–H and O–H groups in total. The highest BCUT2D eigenvalue weighted by molar-refractivity contribution is 7.91. The standard InChI is InChI=1S/C27H33FN2O6S2/c1-19(2)18-37(32,33)21-10-9-11-22(15-21)38(34,35)30-17-20(16-29(6)26(31)36-27(3,4)5)14-25(30)23-12-7-8-13-24(23)28/h7-15,17,19H,16,18H2,1-6H3. The normalized spacial score (nSPS) is 12.5. The molecule has 8 nitrogen and oxygen atoms in total. The summed E-state index contributed by atoms with van der Waals surface area (Å²) in [6.45, 7) is 8.69. The van der Waals surface area contributed by atoms with Crippen LogP contribution in [0, 0.1) is 11.7 Å². The maximum absolute atomic E-state index is 14.8. The number of carbonyl (C=O) groups excluding carboxylic acids is 1. The van der Waals surface area contributed by atoms with E-state index in [9.17, 15) is 26.0 Å². The number of halogens is 1. The molecule has 0 aliphatic carbocycles. The lowest BCUT2D eigenvalue weighted by Gasteiger charge is -2.24. The third-order valence-electron chi connectivity index (χ3n) is 5.39. The zero-order valence-corrected chi connectivity index (χ0v) is 23.9. The number of sulfone groups is 1. The van der Waals surface area contributed by atoms with Crippen LogP contribution in [0.2, 0.25) is 0 Å². The summed E-state index contributed by atoms with van der Waals surface area (Å²) in [4.78, 5) is 13.4. The molecule has 0 radical (unpaired) electrons. The summed E-state index contributed by atoms with van der Waals surface area (Å²) in [5, 5.41) is 0. The molecule has 3 rings (SSSR count). The van der Waals surface area contributed by atoms with Gasteiger partial charge in [0.2, 0.25) is 0 Å². The van der Waals surface area contributed by atoms with Gasteiger partial charge in [-0.1, -0.05) is 32.0 Å². The van der Waals surface area contributed by atoms with Gasteiger partial charge in [0.05, 0.1) is 27.8 Å². The zero-order chi connectivity index (χ0) is 28.5. The van der Waals surface area contributed by atoms with Crippen LogP contribution in [-0.2, 0) is 31.1 Å². The Morgan fingerprint density at radius 1 is 1.00 bits per heavy atom. The van der Waals surface area contributed by atoms with Crippen molar-refractivity contribution in [1.29, 1.82) is 0 Å². The smallest absolute Gasteiger partial charge is 0.410 e. The van der Waals surface area contributed by atoms with Gasteiger partial charge in [-0.2, -0.15) is 0 Å². The fourth-order valence-corrected chi connectivity index (χ4v) is 6.98. The minimum Gasteiger partial charge on any atom is -0.444 e. The SMILES string of the molecule is CC(C)CS(=O)(=O)c1cccc(S(=O)(=O)n2cc(CN(C)C(=O)OC(C)(C)C)cc2-c2ccccc2F)c1. The van der Waals surface area contributed by atoms with Gasteiger partial charge in [-0.25, -0.2) is 30.0 Å². The van der Waals surface area contributed by atoms with Gasteiger partial charge < -0.3 is 9.64 Å². The second-order valence-corrected chi connectivity index (χ2v) is 14.3. The van der Waals surface area contributed by atoms with E-state index in [-0.39, 0.29) is 39.3 Å². The molecule has 0 spiro atoms. The van der Waals surface area contributed by atoms with Crippen LogP contribution in [-0.4, -0.2) is 50.2 Å². The minimum absolute atomic E-state index is 0.0122. The summed E-state index contributed by atoms with van der Waals surface area (Å²) in [6.07, 6.45) is 0.691. The first kappa shape index (κ1) is 29.4. The van der Waals surface area contributed by atoms with Gasteiger partial charge in [-0.3, -0.25) is 0 Å². The van der Waals surface area contributed by atoms with Crippen LogP contribution in [0.4, 0.5) is 9.18 Å². The van der Waals surface area contributed by atoms with E-state index in [1.54, 1.807) is 40.7 Å². The quantitative estimate of drug-likeness (QED) is 0.367. The number of amides is 1. The first-order chi connectivity index (χ1) is 17.5. The van der Waals surface area contributed by atoms with Crippen LogP contribution in [0.5, 0.6) is 0 Å². The van der Waals surface area contributed by atoms with E-state index in [4.69, 9.17) is 4.74 Å². The van der Waals surface area contributed by atoms with Gasteiger partial charge in [0.1, 0.15) is 11.4 Å². The number of aromatic nitrogens is 1. The number of carbonyl (C=O) groups is 1. The fraction of sp³-hybridized carbons (Fsp3) is 0.370. The highest BCUT2D eigenvalue weighted by Gasteiger charge is 2.27. The molecule has 0 fully saturated rings. The fourth-order valence-electron chi connectivity index (χ4n) is 3.80. The molecule has 0 bridgehead atoms. The van der Waals surface area contributed by atoms with Crippen LogP contribution in [0.3, 0.4) is 0 Å². The first-order valence-electron chi connectivity index (χ1n) is 12.0. The molecule has 11 heteroatoms. The van der Waals surface area contributed by atoms with Crippen molar-refractivity contribution in [3.63, 3.8) is 0 Å². The number of rotatable bonds is 8. The lowest BCUT2D eigenvalue weighted by atomic mass is 10.1. The highest BCUT2D eigenvalue weighted by Crippen LogP contribution is 2.30. The monoisotopic (exact) mass is 564 g/mol. The Morgan fingerprint density at radius 2 is 1.63 bits per heavy atom. The predicted octanol–water partition coefficient (Wildman–Crippen LogP) is 5.33. The van der Waals surface area contributed by atoms with E-state index in [1.165, 1.54) is 60.6 Å². The number of hydrogen-bond donors (Lipinski definition) is 0. The van der Waals surface area contributed by atoms with Gasteiger partial charge in [0, 0.05) is 18.8 Å². The van der Waals surface area contributed by atoms with Crippen molar-refractivity contribution >= 4 is 26.0 Å². The van der Waals surface area contributed by atoms with Gasteiger partial charge >= 0.3 is 6.09 Å². The maximum Gasteiger partial charge on any atom is 0.410 e. The van der Waals surface area contributed by atoms with Crippen molar-refractivity contribution in [1.82, 2.24) is 8.87 Å². The summed E-state index contributed by atoms with van der Waals surface area (Å²) in [6, 6.07) is 12.3. The second kappa shape index (κ2) is 10.9. The molecule has 0 aliphatic heterocycles. The Hall–Kier alpha value is -3.18. The largest absolute Gasteiger partial charge is 0.444 e. The molecule has 2 aromatic carbocycles. The summed E-state index contributed by atoms with van der Waals surface area (Å²) in [5.74, 6) is -0.925. The van der Waals surface area contributed by atoms with Crippen molar-refractivity contribution in [2.24, 2.45) is 5.92 Å². The van der Waals surface area contributed by atoms with E-state index >= 15 is 0 Å². The summed E-state index contributed by atoms with van der Waals surface area (Å²) >= 11 is 0. The molecule has 1 heterocycles. The van der Waals surface area contributed by atoms with Crippen LogP contribution < -0.4 is 0 Å². The summed E-state index contributed by atoms with van der Waals surface area (Å²) in [7, 11) is -6.57. The molecule has 1 amide bonds. The molecule has 0 saturated carbocycles. The molecule has 0 saturated heterocycles. The van der Waals surface area contributed by atoms with Crippen molar-refractivity contribution in [3.05, 3.63) is 72.2 Å². The number of ether oxygens (including phenoxy) is 1. The number of nitrogens with zero attached hydrogens (tertiary/aromatic N) is 2. The summed E-state index contributed by atoms with van der Waals surface area (Å²) < 4.78 is 74.2. The van der Waals surface area contributed by atoms with E-state index < -0.39 is 37.4 Å². The van der Waals surface area contributed by atoms with Crippen LogP contribution in [0.25, 0.3) is 11.3 Å². The molecule has 38 heavy (non-hydrogen) atoms. The average molecular weight is 565 g/mol. The molecule has 3 aromatic rings. The molecular formula is C27H33FN2O6S2. The predicted molar refractivity (Wildman–Crippen MR) is 143 cm³/mol. The second-order valence-electron chi connectivity index (χ2n) is 10.5. The van der Waals surface area contributed by atoms with Crippen molar-refractivity contribution in [2.75, 3.05) is 12.8 Å². The van der Waals surface area contributed by atoms with Gasteiger partial charge in [-0.05, 0) is 68.7 Å². The Balaban J connectivity index is 2.11. The van der Waals surface area contributed by atoms with E-state index in [0.717, 1.165) is 10.0 Å². The number of hydrogen-bond acceptors (Lipinski definition) is 6. The number of benzene rings is 2. The molecule has 0 aliphatic rings. The average Bonchev–Trinajstić information content (AvgIpc) is 3.22. The van der Waals surface area contributed by atoms with Crippen LogP contribution in [0.1, 0.15) is 40.2 Å². The molecule has 206 valence electrons. The Morgan fingerprint density at radius 3 is 2.24 bits per heavy atom. The third-order valence-corrected chi connectivity index (χ3v) is 9.14. The van der Waals surface area contributed by atoms with Gasteiger partial charge in [-0.15, -0.1) is 0 Å². The van der Waals surface area contributed by atoms with E-state index in [0.29, 0.717) is 5.56 Å². The molecular weight excluding hydrogens is 531 g/mol. The van der Waals surface area contributed by atoms with Gasteiger partial charge in [0.25, 0.3) is 10.0 Å². The molecule has 0 unspecified atom stereocenters. The van der Waals surface area contributed by atoms with Gasteiger partial charge in [0.15, 0.2) is 9.84 Å². The lowest BCUT2D eigenvalue weighted by molar-refractivity contribution is 0.0285. The Labute approximate surface area is 224 Å². The summed E-state index contributed by atoms with van der Waals surface area (Å²) in [5.41, 5.74) is -0.249. The lowest BCUT2D eigenvalue weighted by Crippen LogP contribution is -2.33. The minimum atomic E-state index is -4.36. The van der Waals surface area contributed by atoms with E-state index in [1.807, 2.05) is 0 Å². The van der Waals surface area contributed by atoms with Crippen molar-refractivity contribution < 1.29 is 30.8 Å². The zero-order valence-electron chi connectivity index (χ0n) is 22.3. The Kier molecular flexibility index (Phi) is 8.42. The van der Waals surface area contributed by atoms with Crippen molar-refractivity contribution in [2.45, 2.75) is 56.6 Å². The van der Waals surface area contributed by atoms with E-state index in [2.05, 4.69) is 0 Å². The molecule has 1 aromatic heterocycles. The maximum atomic E-state index is 14.8. The first-order valence-corrected chi connectivity index (χ1v) is 15.1. The van der Waals surface area contributed by atoms with Crippen LogP contribution >= 0.6 is 0 Å². The molecule has 0 atom stereocenters. The third kappa shape index (κ3) is 6.82. The highest BCUT2D eigenvalue weighted by atomic mass is 32.2. The van der Waals surface area contributed by atoms with Crippen LogP contribution in [0.15, 0.2) is 70.6 Å². The Bertz CT molecular complexity index is 1540.